The highest BCUT2D eigenvalue weighted by Crippen LogP contribution is 2.44. The predicted molar refractivity (Wildman–Crippen MR) is 104 cm³/mol. The van der Waals surface area contributed by atoms with Gasteiger partial charge in [-0.2, -0.15) is 13.2 Å². The van der Waals surface area contributed by atoms with Crippen LogP contribution >= 0.6 is 11.6 Å². The summed E-state index contributed by atoms with van der Waals surface area (Å²) in [5, 5.41) is 32.6. The molecule has 5 atom stereocenters. The smallest absolute Gasteiger partial charge is 0.386 e. The van der Waals surface area contributed by atoms with Gasteiger partial charge in [-0.3, -0.25) is 0 Å². The van der Waals surface area contributed by atoms with Crippen LogP contribution < -0.4 is 5.73 Å². The zero-order valence-electron chi connectivity index (χ0n) is 16.0. The first-order valence-electron chi connectivity index (χ1n) is 9.10. The molecule has 1 aromatic carbocycles. The predicted octanol–water partition coefficient (Wildman–Crippen LogP) is 2.43. The van der Waals surface area contributed by atoms with Crippen molar-refractivity contribution in [3.05, 3.63) is 52.9 Å². The highest BCUT2D eigenvalue weighted by atomic mass is 35.5. The van der Waals surface area contributed by atoms with Crippen molar-refractivity contribution < 1.29 is 33.2 Å². The number of halogens is 4. The van der Waals surface area contributed by atoms with E-state index in [1.807, 2.05) is 0 Å². The van der Waals surface area contributed by atoms with Crippen LogP contribution in [0.25, 0.3) is 11.0 Å². The zero-order valence-corrected chi connectivity index (χ0v) is 16.7. The molecule has 2 aromatic heterocycles. The summed E-state index contributed by atoms with van der Waals surface area (Å²) >= 11 is 5.80. The second-order valence-electron chi connectivity index (χ2n) is 7.55. The summed E-state index contributed by atoms with van der Waals surface area (Å²) in [6.07, 6.45) is -7.94. The Balaban J connectivity index is 1.71. The molecule has 0 bridgehead atoms. The van der Waals surface area contributed by atoms with E-state index in [9.17, 15) is 28.5 Å². The van der Waals surface area contributed by atoms with Crippen LogP contribution in [0.2, 0.25) is 5.02 Å². The van der Waals surface area contributed by atoms with E-state index in [1.54, 1.807) is 6.07 Å². The van der Waals surface area contributed by atoms with E-state index in [-0.39, 0.29) is 16.4 Å². The van der Waals surface area contributed by atoms with Gasteiger partial charge in [0.25, 0.3) is 0 Å². The van der Waals surface area contributed by atoms with Gasteiger partial charge in [0.2, 0.25) is 0 Å². The molecule has 0 saturated carbocycles. The fourth-order valence-electron chi connectivity index (χ4n) is 3.75. The van der Waals surface area contributed by atoms with Crippen molar-refractivity contribution in [3.63, 3.8) is 0 Å². The zero-order chi connectivity index (χ0) is 22.7. The van der Waals surface area contributed by atoms with Gasteiger partial charge in [0.05, 0.1) is 10.9 Å². The van der Waals surface area contributed by atoms with Gasteiger partial charge in [-0.25, -0.2) is 9.97 Å². The highest BCUT2D eigenvalue weighted by molar-refractivity contribution is 6.30. The first-order chi connectivity index (χ1) is 14.4. The summed E-state index contributed by atoms with van der Waals surface area (Å²) < 4.78 is 46.6. The molecular weight excluding hydrogens is 441 g/mol. The maximum absolute atomic E-state index is 13.1. The van der Waals surface area contributed by atoms with E-state index in [0.29, 0.717) is 17.1 Å². The Morgan fingerprint density at radius 3 is 2.68 bits per heavy atom. The average molecular weight is 459 g/mol. The molecule has 0 aliphatic carbocycles. The SMILES string of the molecule is C[C@@]1(O)[C@@H]([C@H](O)c2cc(Cl)cc(C(F)(F)F)c2)O[C@@H](n2ccc3c(N)ncnc32)[C@@H]1O. The molecule has 3 aromatic rings. The van der Waals surface area contributed by atoms with Gasteiger partial charge in [-0.1, -0.05) is 11.6 Å². The monoisotopic (exact) mass is 458 g/mol. The second kappa shape index (κ2) is 7.31. The van der Waals surface area contributed by atoms with Gasteiger partial charge < -0.3 is 30.4 Å². The lowest BCUT2D eigenvalue weighted by atomic mass is 9.88. The molecule has 1 fully saturated rings. The summed E-state index contributed by atoms with van der Waals surface area (Å²) in [6, 6.07) is 4.17. The molecule has 5 N–H and O–H groups in total. The second-order valence-corrected chi connectivity index (χ2v) is 7.99. The number of nitrogens with zero attached hydrogens (tertiary/aromatic N) is 3. The molecule has 166 valence electrons. The molecule has 8 nitrogen and oxygen atoms in total. The molecule has 1 aliphatic rings. The van der Waals surface area contributed by atoms with Gasteiger partial charge in [-0.15, -0.1) is 0 Å². The van der Waals surface area contributed by atoms with Crippen LogP contribution in [0.3, 0.4) is 0 Å². The Morgan fingerprint density at radius 1 is 1.29 bits per heavy atom. The van der Waals surface area contributed by atoms with Gasteiger partial charge in [0.1, 0.15) is 41.7 Å². The van der Waals surface area contributed by atoms with Crippen LogP contribution in [0.1, 0.15) is 30.4 Å². The third-order valence-corrected chi connectivity index (χ3v) is 5.64. The summed E-state index contributed by atoms with van der Waals surface area (Å²) in [5.74, 6) is 0.193. The number of aliphatic hydroxyl groups excluding tert-OH is 2. The van der Waals surface area contributed by atoms with Crippen LogP contribution in [0.5, 0.6) is 0 Å². The van der Waals surface area contributed by atoms with Crippen molar-refractivity contribution >= 4 is 28.5 Å². The minimum atomic E-state index is -4.69. The number of hydrogen-bond acceptors (Lipinski definition) is 7. The number of nitrogens with two attached hydrogens (primary N) is 1. The lowest BCUT2D eigenvalue weighted by Crippen LogP contribution is -2.47. The first-order valence-corrected chi connectivity index (χ1v) is 9.47. The van der Waals surface area contributed by atoms with E-state index in [1.165, 1.54) is 24.0 Å². The highest BCUT2D eigenvalue weighted by Gasteiger charge is 2.56. The maximum Gasteiger partial charge on any atom is 0.416 e. The number of aliphatic hydroxyl groups is 3. The number of hydrogen-bond donors (Lipinski definition) is 4. The van der Waals surface area contributed by atoms with Crippen LogP contribution in [-0.4, -0.2) is 47.7 Å². The molecule has 0 unspecified atom stereocenters. The topological polar surface area (TPSA) is 127 Å². The minimum absolute atomic E-state index is 0.193. The summed E-state index contributed by atoms with van der Waals surface area (Å²) in [5.41, 5.74) is 2.81. The van der Waals surface area contributed by atoms with Crippen molar-refractivity contribution in [2.24, 2.45) is 0 Å². The number of anilines is 1. The number of nitrogen functional groups attached to an aromatic ring is 1. The third kappa shape index (κ3) is 3.62. The Labute approximate surface area is 178 Å². The lowest BCUT2D eigenvalue weighted by Gasteiger charge is -2.30. The van der Waals surface area contributed by atoms with Crippen LogP contribution in [0, 0.1) is 0 Å². The molecule has 31 heavy (non-hydrogen) atoms. The van der Waals surface area contributed by atoms with Crippen molar-refractivity contribution in [2.45, 2.75) is 43.2 Å². The van der Waals surface area contributed by atoms with E-state index < -0.39 is 41.9 Å². The number of benzene rings is 1. The number of alkyl halides is 3. The molecule has 4 rings (SSSR count). The normalized spacial score (nSPS) is 27.7. The molecule has 1 aliphatic heterocycles. The molecular formula is C19H18ClF3N4O4. The fourth-order valence-corrected chi connectivity index (χ4v) is 3.99. The maximum atomic E-state index is 13.1. The Kier molecular flexibility index (Phi) is 5.14. The van der Waals surface area contributed by atoms with Crippen molar-refractivity contribution in [3.8, 4) is 0 Å². The molecule has 12 heteroatoms. The number of fused-ring (bicyclic) bond motifs is 1. The standard InChI is InChI=1S/C19H18ClF3N4O4/c1-18(30)13(29)17(27-3-2-11-15(24)25-7-26-16(11)27)31-14(18)12(28)8-4-9(19(21,22)23)6-10(20)5-8/h2-7,12-14,17,28-30H,1H3,(H2,24,25,26)/t12-,13+,14-,17-,18+/m1/s1. The molecule has 0 spiro atoms. The van der Waals surface area contributed by atoms with E-state index in [2.05, 4.69) is 9.97 Å². The largest absolute Gasteiger partial charge is 0.416 e. The van der Waals surface area contributed by atoms with Gasteiger partial charge in [0, 0.05) is 11.2 Å². The molecule has 0 amide bonds. The summed E-state index contributed by atoms with van der Waals surface area (Å²) in [6.45, 7) is 1.22. The average Bonchev–Trinajstić information content (AvgIpc) is 3.20. The van der Waals surface area contributed by atoms with E-state index >= 15 is 0 Å². The quantitative estimate of drug-likeness (QED) is 0.474. The Bertz CT molecular complexity index is 1140. The lowest BCUT2D eigenvalue weighted by molar-refractivity contribution is -0.138. The van der Waals surface area contributed by atoms with Crippen LogP contribution in [0.15, 0.2) is 36.8 Å². The van der Waals surface area contributed by atoms with Crippen molar-refractivity contribution in [1.82, 2.24) is 14.5 Å². The Hall–Kier alpha value is -2.44. The first kappa shape index (κ1) is 21.8. The Morgan fingerprint density at radius 2 is 2.00 bits per heavy atom. The summed E-state index contributed by atoms with van der Waals surface area (Å²) in [7, 11) is 0. The van der Waals surface area contributed by atoms with Crippen LogP contribution in [-0.2, 0) is 10.9 Å². The van der Waals surface area contributed by atoms with Crippen LogP contribution in [0.4, 0.5) is 19.0 Å². The van der Waals surface area contributed by atoms with E-state index in [0.717, 1.165) is 12.1 Å². The summed E-state index contributed by atoms with van der Waals surface area (Å²) in [4.78, 5) is 7.97. The molecule has 1 saturated heterocycles. The van der Waals surface area contributed by atoms with Crippen molar-refractivity contribution in [2.75, 3.05) is 5.73 Å². The minimum Gasteiger partial charge on any atom is -0.386 e. The van der Waals surface area contributed by atoms with Gasteiger partial charge in [-0.05, 0) is 36.8 Å². The molecule has 3 heterocycles. The molecule has 0 radical (unpaired) electrons. The number of ether oxygens (including phenoxy) is 1. The van der Waals surface area contributed by atoms with E-state index in [4.69, 9.17) is 22.1 Å². The van der Waals surface area contributed by atoms with Crippen molar-refractivity contribution in [1.29, 1.82) is 0 Å². The third-order valence-electron chi connectivity index (χ3n) is 5.42. The van der Waals surface area contributed by atoms with Gasteiger partial charge >= 0.3 is 6.18 Å². The number of rotatable bonds is 3. The van der Waals surface area contributed by atoms with Gasteiger partial charge in [0.15, 0.2) is 6.23 Å². The number of aromatic nitrogens is 3. The fraction of sp³-hybridized carbons (Fsp3) is 0.368.